The van der Waals surface area contributed by atoms with Crippen LogP contribution in [0.5, 0.6) is 5.75 Å². The van der Waals surface area contributed by atoms with Crippen LogP contribution in [0.2, 0.25) is 10.0 Å². The van der Waals surface area contributed by atoms with Gasteiger partial charge in [-0.25, -0.2) is 4.79 Å². The number of carbonyl (C=O) groups is 1. The molecule has 94 valence electrons. The first-order valence-electron chi connectivity index (χ1n) is 4.69. The minimum Gasteiger partial charge on any atom is -0.506 e. The van der Waals surface area contributed by atoms with Crippen molar-refractivity contribution in [3.05, 3.63) is 27.7 Å². The first-order chi connectivity index (χ1) is 7.58. The fraction of sp³-hybridized carbons (Fsp3) is 0.300. The van der Waals surface area contributed by atoms with Crippen molar-refractivity contribution in [1.29, 1.82) is 0 Å². The zero-order valence-electron chi connectivity index (χ0n) is 8.57. The number of alkyl carbamates (subject to hydrolysis) is 1. The molecule has 4 nitrogen and oxygen atoms in total. The van der Waals surface area contributed by atoms with Gasteiger partial charge in [-0.3, -0.25) is 0 Å². The molecule has 0 spiro atoms. The van der Waals surface area contributed by atoms with Crippen molar-refractivity contribution in [3.63, 3.8) is 0 Å². The molecule has 0 radical (unpaired) electrons. The molecule has 0 aromatic heterocycles. The number of phenolic OH excluding ortho intramolecular Hbond substituents is 1. The van der Waals surface area contributed by atoms with Gasteiger partial charge >= 0.3 is 6.09 Å². The van der Waals surface area contributed by atoms with E-state index in [1.165, 1.54) is 6.07 Å². The van der Waals surface area contributed by atoms with Gasteiger partial charge in [0.15, 0.2) is 0 Å². The second-order valence-electron chi connectivity index (χ2n) is 3.45. The van der Waals surface area contributed by atoms with Gasteiger partial charge in [0.2, 0.25) is 0 Å². The molecule has 1 saturated heterocycles. The molecule has 1 fully saturated rings. The predicted octanol–water partition coefficient (Wildman–Crippen LogP) is 3.29. The lowest BCUT2D eigenvalue weighted by Crippen LogP contribution is -2.35. The molecule has 1 heterocycles. The molecular formula is C10H10Cl3NO3. The largest absolute Gasteiger partial charge is 0.506 e. The van der Waals surface area contributed by atoms with Crippen molar-refractivity contribution in [3.8, 4) is 5.75 Å². The number of ether oxygens (including phenoxy) is 1. The fourth-order valence-corrected chi connectivity index (χ4v) is 2.12. The van der Waals surface area contributed by atoms with Crippen LogP contribution in [0.1, 0.15) is 18.0 Å². The van der Waals surface area contributed by atoms with E-state index in [1.807, 2.05) is 0 Å². The maximum absolute atomic E-state index is 11.0. The maximum atomic E-state index is 11.0. The Morgan fingerprint density at radius 2 is 2.12 bits per heavy atom. The van der Waals surface area contributed by atoms with E-state index in [2.05, 4.69) is 5.32 Å². The number of amides is 1. The van der Waals surface area contributed by atoms with Crippen molar-refractivity contribution in [2.24, 2.45) is 0 Å². The molecule has 1 atom stereocenters. The minimum absolute atomic E-state index is 0. The van der Waals surface area contributed by atoms with E-state index < -0.39 is 6.09 Å². The average Bonchev–Trinajstić information content (AvgIpc) is 2.23. The molecular weight excluding hydrogens is 288 g/mol. The Labute approximate surface area is 114 Å². The Bertz CT molecular complexity index is 439. The van der Waals surface area contributed by atoms with Gasteiger partial charge in [-0.15, -0.1) is 12.4 Å². The van der Waals surface area contributed by atoms with Crippen LogP contribution in [0.4, 0.5) is 4.79 Å². The number of cyclic esters (lactones) is 1. The zero-order valence-corrected chi connectivity index (χ0v) is 10.9. The van der Waals surface area contributed by atoms with Gasteiger partial charge in [-0.05, 0) is 12.1 Å². The molecule has 1 aromatic rings. The number of rotatable bonds is 1. The molecule has 0 unspecified atom stereocenters. The van der Waals surface area contributed by atoms with E-state index in [1.54, 1.807) is 6.07 Å². The monoisotopic (exact) mass is 297 g/mol. The lowest BCUT2D eigenvalue weighted by molar-refractivity contribution is 0.115. The van der Waals surface area contributed by atoms with Crippen LogP contribution in [0.15, 0.2) is 12.1 Å². The van der Waals surface area contributed by atoms with Gasteiger partial charge in [-0.2, -0.15) is 0 Å². The highest BCUT2D eigenvalue weighted by Gasteiger charge is 2.24. The van der Waals surface area contributed by atoms with E-state index in [0.717, 1.165) is 0 Å². The number of carbonyl (C=O) groups excluding carboxylic acids is 1. The van der Waals surface area contributed by atoms with Crippen molar-refractivity contribution < 1.29 is 14.6 Å². The quantitative estimate of drug-likeness (QED) is 0.836. The molecule has 1 aromatic carbocycles. The van der Waals surface area contributed by atoms with Gasteiger partial charge in [0.25, 0.3) is 0 Å². The molecule has 0 bridgehead atoms. The number of halogens is 3. The highest BCUT2D eigenvalue weighted by atomic mass is 35.5. The Kier molecular flexibility index (Phi) is 4.74. The van der Waals surface area contributed by atoms with Gasteiger partial charge in [-0.1, -0.05) is 23.2 Å². The van der Waals surface area contributed by atoms with Crippen molar-refractivity contribution in [1.82, 2.24) is 5.32 Å². The van der Waals surface area contributed by atoms with Gasteiger partial charge in [0.1, 0.15) is 5.75 Å². The Hall–Kier alpha value is -0.840. The Balaban J connectivity index is 0.00000144. The van der Waals surface area contributed by atoms with E-state index >= 15 is 0 Å². The van der Waals surface area contributed by atoms with Crippen LogP contribution >= 0.6 is 35.6 Å². The van der Waals surface area contributed by atoms with Gasteiger partial charge in [0.05, 0.1) is 17.7 Å². The lowest BCUT2D eigenvalue weighted by Gasteiger charge is -2.24. The number of phenols is 1. The van der Waals surface area contributed by atoms with Crippen molar-refractivity contribution >= 4 is 41.7 Å². The minimum atomic E-state index is -0.508. The fourth-order valence-electron chi connectivity index (χ4n) is 1.61. The second-order valence-corrected chi connectivity index (χ2v) is 4.29. The summed E-state index contributed by atoms with van der Waals surface area (Å²) in [4.78, 5) is 11.0. The number of hydrogen-bond donors (Lipinski definition) is 2. The van der Waals surface area contributed by atoms with E-state index in [9.17, 15) is 9.90 Å². The van der Waals surface area contributed by atoms with Crippen molar-refractivity contribution in [2.75, 3.05) is 6.61 Å². The Morgan fingerprint density at radius 3 is 2.76 bits per heavy atom. The first-order valence-corrected chi connectivity index (χ1v) is 5.44. The summed E-state index contributed by atoms with van der Waals surface area (Å²) in [7, 11) is 0. The molecule has 1 amide bonds. The van der Waals surface area contributed by atoms with E-state index in [-0.39, 0.29) is 29.2 Å². The highest BCUT2D eigenvalue weighted by Crippen LogP contribution is 2.36. The summed E-state index contributed by atoms with van der Waals surface area (Å²) in [6.07, 6.45) is 0.0578. The van der Waals surface area contributed by atoms with Crippen LogP contribution in [-0.4, -0.2) is 17.8 Å². The standard InChI is InChI=1S/C10H9Cl2NO3.ClH/c11-5-3-6(9(14)7(12)4-5)8-1-2-16-10(15)13-8;/h3-4,8,14H,1-2H2,(H,13,15);1H/t8-;/m0./s1. The molecule has 1 aliphatic rings. The number of benzene rings is 1. The Morgan fingerprint density at radius 1 is 1.41 bits per heavy atom. The summed E-state index contributed by atoms with van der Waals surface area (Å²) in [5.74, 6) is -0.0572. The molecule has 2 N–H and O–H groups in total. The highest BCUT2D eigenvalue weighted by molar-refractivity contribution is 6.35. The smallest absolute Gasteiger partial charge is 0.407 e. The first kappa shape index (κ1) is 14.2. The SMILES string of the molecule is Cl.O=C1N[C@H](c2cc(Cl)cc(Cl)c2O)CCO1. The number of hydrogen-bond acceptors (Lipinski definition) is 3. The normalized spacial score (nSPS) is 18.9. The molecule has 7 heteroatoms. The van der Waals surface area contributed by atoms with Crippen LogP contribution < -0.4 is 5.32 Å². The number of nitrogens with one attached hydrogen (secondary N) is 1. The molecule has 0 saturated carbocycles. The topological polar surface area (TPSA) is 58.6 Å². The molecule has 17 heavy (non-hydrogen) atoms. The van der Waals surface area contributed by atoms with Crippen molar-refractivity contribution in [2.45, 2.75) is 12.5 Å². The third-order valence-corrected chi connectivity index (χ3v) is 2.87. The average molecular weight is 299 g/mol. The summed E-state index contributed by atoms with van der Waals surface area (Å²) >= 11 is 11.6. The van der Waals surface area contributed by atoms with E-state index in [4.69, 9.17) is 27.9 Å². The van der Waals surface area contributed by atoms with Crippen LogP contribution in [0.25, 0.3) is 0 Å². The summed E-state index contributed by atoms with van der Waals surface area (Å²) in [6, 6.07) is 2.71. The van der Waals surface area contributed by atoms with Gasteiger partial charge < -0.3 is 15.2 Å². The lowest BCUT2D eigenvalue weighted by atomic mass is 10.0. The summed E-state index contributed by atoms with van der Waals surface area (Å²) in [6.45, 7) is 0.306. The molecule has 1 aliphatic heterocycles. The predicted molar refractivity (Wildman–Crippen MR) is 67.2 cm³/mol. The number of aromatic hydroxyl groups is 1. The third kappa shape index (κ3) is 3.09. The summed E-state index contributed by atoms with van der Waals surface area (Å²) in [5.41, 5.74) is 0.508. The summed E-state index contributed by atoms with van der Waals surface area (Å²) in [5, 5.41) is 13.0. The van der Waals surface area contributed by atoms with Crippen LogP contribution in [0, 0.1) is 0 Å². The summed E-state index contributed by atoms with van der Waals surface area (Å²) < 4.78 is 4.73. The van der Waals surface area contributed by atoms with Crippen LogP contribution in [0.3, 0.4) is 0 Å². The molecule has 2 rings (SSSR count). The molecule has 0 aliphatic carbocycles. The second kappa shape index (κ2) is 5.67. The maximum Gasteiger partial charge on any atom is 0.407 e. The zero-order chi connectivity index (χ0) is 11.7. The van der Waals surface area contributed by atoms with Gasteiger partial charge in [0, 0.05) is 17.0 Å². The van der Waals surface area contributed by atoms with Crippen LogP contribution in [-0.2, 0) is 4.74 Å². The third-order valence-electron chi connectivity index (χ3n) is 2.36. The van der Waals surface area contributed by atoms with E-state index in [0.29, 0.717) is 23.6 Å².